The normalized spacial score (nSPS) is 11.9. The number of hydrogen-bond acceptors (Lipinski definition) is 3. The Morgan fingerprint density at radius 3 is 2.20 bits per heavy atom. The first-order valence-corrected chi connectivity index (χ1v) is 16.5. The van der Waals surface area contributed by atoms with Crippen molar-refractivity contribution in [1.29, 1.82) is 0 Å². The van der Waals surface area contributed by atoms with E-state index in [0.29, 0.717) is 17.3 Å². The van der Waals surface area contributed by atoms with Gasteiger partial charge in [-0.3, -0.25) is 4.68 Å². The van der Waals surface area contributed by atoms with Crippen LogP contribution in [0.2, 0.25) is 0 Å². The second-order valence-corrected chi connectivity index (χ2v) is 14.0. The second kappa shape index (κ2) is 13.4. The van der Waals surface area contributed by atoms with Crippen LogP contribution in [0.1, 0.15) is 77.3 Å². The van der Waals surface area contributed by atoms with Crippen molar-refractivity contribution < 1.29 is 29.6 Å². The molecule has 7 heteroatoms. The van der Waals surface area contributed by atoms with Gasteiger partial charge in [0.25, 0.3) is 0 Å². The van der Waals surface area contributed by atoms with Gasteiger partial charge in [-0.15, -0.1) is 41.3 Å². The molecule has 0 amide bonds. The number of aromatic nitrogens is 4. The van der Waals surface area contributed by atoms with E-state index in [9.17, 15) is 4.39 Å². The summed E-state index contributed by atoms with van der Waals surface area (Å²) in [5, 5.41) is 7.25. The molecule has 3 aromatic heterocycles. The van der Waals surface area contributed by atoms with Crippen molar-refractivity contribution >= 4 is 21.8 Å². The molecule has 0 fully saturated rings. The van der Waals surface area contributed by atoms with Gasteiger partial charge >= 0.3 is 20.4 Å². The third kappa shape index (κ3) is 6.46. The largest absolute Gasteiger partial charge is 2.00 e. The summed E-state index contributed by atoms with van der Waals surface area (Å²) in [7, 11) is 0. The van der Waals surface area contributed by atoms with E-state index < -0.39 is 0 Å². The SMILES string of the molecule is CC(C)c1nn(-c2[c-]c(Oc3[c-]c4c(cc3)c3ccccc3n4-c3cc(F)ccn3)cc(C(C)(C)C)c2)c(C(C)C)c1-c1ccccc1.[Pd+2]. The van der Waals surface area contributed by atoms with Crippen LogP contribution in [0.15, 0.2) is 97.2 Å². The number of ether oxygens (including phenoxy) is 1. The number of benzene rings is 4. The molecule has 0 atom stereocenters. The maximum atomic E-state index is 14.4. The molecule has 0 unspecified atom stereocenters. The van der Waals surface area contributed by atoms with E-state index in [2.05, 4.69) is 107 Å². The van der Waals surface area contributed by atoms with Crippen molar-refractivity contribution in [2.24, 2.45) is 0 Å². The van der Waals surface area contributed by atoms with E-state index in [1.54, 1.807) is 0 Å². The first-order chi connectivity index (χ1) is 23.0. The van der Waals surface area contributed by atoms with Gasteiger partial charge in [-0.25, -0.2) is 9.37 Å². The summed E-state index contributed by atoms with van der Waals surface area (Å²) in [5.41, 5.74) is 7.95. The Bertz CT molecular complexity index is 2280. The van der Waals surface area contributed by atoms with Gasteiger partial charge in [0.2, 0.25) is 0 Å². The second-order valence-electron chi connectivity index (χ2n) is 14.0. The minimum absolute atomic E-state index is 0. The maximum absolute atomic E-state index is 14.4. The first kappa shape index (κ1) is 34.3. The fourth-order valence-electron chi connectivity index (χ4n) is 6.41. The van der Waals surface area contributed by atoms with E-state index in [1.165, 1.54) is 23.9 Å². The summed E-state index contributed by atoms with van der Waals surface area (Å²) in [6.45, 7) is 15.4. The number of hydrogen-bond donors (Lipinski definition) is 0. The van der Waals surface area contributed by atoms with Gasteiger partial charge in [0.05, 0.1) is 11.4 Å². The monoisotopic (exact) mass is 740 g/mol. The zero-order chi connectivity index (χ0) is 33.7. The number of pyridine rings is 1. The number of rotatable bonds is 7. The van der Waals surface area contributed by atoms with Gasteiger partial charge in [0.15, 0.2) is 0 Å². The van der Waals surface area contributed by atoms with Crippen molar-refractivity contribution in [3.8, 4) is 34.1 Å². The molecule has 0 aliphatic rings. The summed E-state index contributed by atoms with van der Waals surface area (Å²) < 4.78 is 25.0. The molecule has 0 aliphatic heterocycles. The molecule has 7 aromatic rings. The topological polar surface area (TPSA) is 44.9 Å². The first-order valence-electron chi connectivity index (χ1n) is 16.5. The summed E-state index contributed by atoms with van der Waals surface area (Å²) in [4.78, 5) is 4.49. The van der Waals surface area contributed by atoms with Crippen molar-refractivity contribution in [3.05, 3.63) is 132 Å². The molecule has 0 saturated carbocycles. The minimum atomic E-state index is -0.352. The zero-order valence-electron chi connectivity index (χ0n) is 28.8. The van der Waals surface area contributed by atoms with Crippen LogP contribution < -0.4 is 4.74 Å². The van der Waals surface area contributed by atoms with Crippen molar-refractivity contribution in [2.75, 3.05) is 0 Å². The predicted octanol–water partition coefficient (Wildman–Crippen LogP) is 11.1. The van der Waals surface area contributed by atoms with E-state index in [-0.39, 0.29) is 43.5 Å². The smallest absolute Gasteiger partial charge is 0.509 e. The van der Waals surface area contributed by atoms with Gasteiger partial charge in [-0.2, -0.15) is 11.2 Å². The molecule has 5 nitrogen and oxygen atoms in total. The Hall–Kier alpha value is -4.57. The van der Waals surface area contributed by atoms with E-state index in [4.69, 9.17) is 9.84 Å². The molecule has 0 N–H and O–H groups in total. The van der Waals surface area contributed by atoms with Crippen LogP contribution in [0, 0.1) is 17.9 Å². The summed E-state index contributed by atoms with van der Waals surface area (Å²) >= 11 is 0. The van der Waals surface area contributed by atoms with E-state index in [0.717, 1.165) is 50.0 Å². The van der Waals surface area contributed by atoms with Crippen molar-refractivity contribution in [2.45, 2.75) is 65.7 Å². The van der Waals surface area contributed by atoms with Crippen LogP contribution in [0.25, 0.3) is 44.4 Å². The van der Waals surface area contributed by atoms with Crippen LogP contribution in [0.3, 0.4) is 0 Å². The number of fused-ring (bicyclic) bond motifs is 3. The van der Waals surface area contributed by atoms with Gasteiger partial charge in [0, 0.05) is 34.8 Å². The molecule has 7 rings (SSSR count). The fraction of sp³-hybridized carbons (Fsp3) is 0.238. The average Bonchev–Trinajstić information content (AvgIpc) is 3.62. The van der Waals surface area contributed by atoms with Crippen LogP contribution in [-0.2, 0) is 25.8 Å². The Morgan fingerprint density at radius 2 is 1.51 bits per heavy atom. The average molecular weight is 741 g/mol. The Balaban J connectivity index is 0.00000417. The summed E-state index contributed by atoms with van der Waals surface area (Å²) in [5.74, 6) is 1.64. The molecular weight excluding hydrogens is 702 g/mol. The van der Waals surface area contributed by atoms with Crippen LogP contribution in [0.5, 0.6) is 11.5 Å². The quantitative estimate of drug-likeness (QED) is 0.121. The number of nitrogens with zero attached hydrogens (tertiary/aromatic N) is 4. The Kier molecular flexibility index (Phi) is 9.37. The van der Waals surface area contributed by atoms with Gasteiger partial charge < -0.3 is 9.30 Å². The molecule has 0 aliphatic carbocycles. The third-order valence-corrected chi connectivity index (χ3v) is 8.74. The molecule has 3 heterocycles. The number of halogens is 1. The summed E-state index contributed by atoms with van der Waals surface area (Å²) in [6, 6.07) is 36.6. The predicted molar refractivity (Wildman–Crippen MR) is 192 cm³/mol. The molecular formula is C42H39FN4OPd. The van der Waals surface area contributed by atoms with Gasteiger partial charge in [-0.05, 0) is 46.0 Å². The third-order valence-electron chi connectivity index (χ3n) is 8.74. The van der Waals surface area contributed by atoms with Crippen LogP contribution in [0.4, 0.5) is 4.39 Å². The van der Waals surface area contributed by atoms with Crippen LogP contribution >= 0.6 is 0 Å². The molecule has 250 valence electrons. The fourth-order valence-corrected chi connectivity index (χ4v) is 6.41. The molecule has 0 saturated heterocycles. The molecule has 0 radical (unpaired) electrons. The Labute approximate surface area is 301 Å². The van der Waals surface area contributed by atoms with Crippen LogP contribution in [-0.4, -0.2) is 19.3 Å². The van der Waals surface area contributed by atoms with Gasteiger partial charge in [-0.1, -0.05) is 103 Å². The minimum Gasteiger partial charge on any atom is -0.509 e. The van der Waals surface area contributed by atoms with Crippen molar-refractivity contribution in [3.63, 3.8) is 0 Å². The number of para-hydroxylation sites is 1. The maximum Gasteiger partial charge on any atom is 2.00 e. The standard InChI is InChI=1S/C42H39FN4O.Pd/c1-26(2)40-39(28-13-9-8-10-14-28)41(27(3)4)47(45-40)31-21-29(42(5,6)7)22-33(24-31)48-32-17-18-35-34-15-11-12-16-36(34)46(37(35)25-32)38-23-30(43)19-20-44-38;/h8-23,26-27H,1-7H3;/q-2;+2. The molecule has 0 bridgehead atoms. The Morgan fingerprint density at radius 1 is 0.776 bits per heavy atom. The molecule has 49 heavy (non-hydrogen) atoms. The molecule has 0 spiro atoms. The summed E-state index contributed by atoms with van der Waals surface area (Å²) in [6.07, 6.45) is 1.48. The van der Waals surface area contributed by atoms with Crippen molar-refractivity contribution in [1.82, 2.24) is 19.3 Å². The van der Waals surface area contributed by atoms with Gasteiger partial charge in [0.1, 0.15) is 11.6 Å². The van der Waals surface area contributed by atoms with E-state index >= 15 is 0 Å². The van der Waals surface area contributed by atoms with E-state index in [1.807, 2.05) is 47.0 Å². The zero-order valence-corrected chi connectivity index (χ0v) is 30.3. The molecule has 4 aromatic carbocycles.